The number of amides is 1. The largest absolute Gasteiger partial charge is 0.444 e. The number of carbonyl (C=O) groups excluding carboxylic acids is 1. The second-order valence-electron chi connectivity index (χ2n) is 5.67. The summed E-state index contributed by atoms with van der Waals surface area (Å²) in [6.45, 7) is 7.66. The molecule has 0 heterocycles. The van der Waals surface area contributed by atoms with Gasteiger partial charge in [-0.3, -0.25) is 0 Å². The van der Waals surface area contributed by atoms with Gasteiger partial charge < -0.3 is 10.1 Å². The highest BCUT2D eigenvalue weighted by Gasteiger charge is 2.23. The summed E-state index contributed by atoms with van der Waals surface area (Å²) in [5, 5.41) is 3.76. The molecule has 1 amide bonds. The molecule has 0 aliphatic heterocycles. The summed E-state index contributed by atoms with van der Waals surface area (Å²) in [7, 11) is 0. The predicted octanol–water partition coefficient (Wildman–Crippen LogP) is 4.28. The Labute approximate surface area is 123 Å². The van der Waals surface area contributed by atoms with E-state index in [9.17, 15) is 4.79 Å². The smallest absolute Gasteiger partial charge is 0.408 e. The van der Waals surface area contributed by atoms with Gasteiger partial charge in [-0.15, -0.1) is 0 Å². The minimum absolute atomic E-state index is 0.0598. The quantitative estimate of drug-likeness (QED) is 0.838. The van der Waals surface area contributed by atoms with E-state index in [-0.39, 0.29) is 18.1 Å². The number of hydrogen-bond acceptors (Lipinski definition) is 2. The molecular weight excluding hydrogens is 306 g/mol. The first-order chi connectivity index (χ1) is 8.83. The van der Waals surface area contributed by atoms with E-state index in [0.29, 0.717) is 0 Å². The number of carbonyl (C=O) groups is 1. The molecule has 2 atom stereocenters. The molecule has 1 N–H and O–H groups in total. The van der Waals surface area contributed by atoms with Crippen molar-refractivity contribution in [2.75, 3.05) is 5.33 Å². The molecule has 0 saturated heterocycles. The van der Waals surface area contributed by atoms with Crippen LogP contribution in [0.2, 0.25) is 0 Å². The molecular formula is C15H22BrNO2. The van der Waals surface area contributed by atoms with Gasteiger partial charge in [-0.2, -0.15) is 0 Å². The molecule has 0 aliphatic carbocycles. The average molecular weight is 328 g/mol. The monoisotopic (exact) mass is 327 g/mol. The average Bonchev–Trinajstić information content (AvgIpc) is 2.34. The normalized spacial score (nSPS) is 14.6. The van der Waals surface area contributed by atoms with Crippen LogP contribution in [0.15, 0.2) is 30.3 Å². The van der Waals surface area contributed by atoms with Crippen molar-refractivity contribution in [2.24, 2.45) is 5.92 Å². The Hall–Kier alpha value is -1.03. The number of nitrogens with one attached hydrogen (secondary N) is 1. The Morgan fingerprint density at radius 3 is 2.37 bits per heavy atom. The van der Waals surface area contributed by atoms with Crippen LogP contribution in [0.5, 0.6) is 0 Å². The van der Waals surface area contributed by atoms with Crippen LogP contribution >= 0.6 is 15.9 Å². The van der Waals surface area contributed by atoms with Crippen molar-refractivity contribution in [1.29, 1.82) is 0 Å². The maximum Gasteiger partial charge on any atom is 0.408 e. The number of hydrogen-bond donors (Lipinski definition) is 1. The lowest BCUT2D eigenvalue weighted by atomic mass is 9.96. The molecule has 0 fully saturated rings. The number of alkyl halides is 1. The Kier molecular flexibility index (Phi) is 5.85. The van der Waals surface area contributed by atoms with Gasteiger partial charge in [0.25, 0.3) is 0 Å². The summed E-state index contributed by atoms with van der Waals surface area (Å²) in [5.41, 5.74) is 0.600. The molecule has 0 aliphatic rings. The first-order valence-electron chi connectivity index (χ1n) is 6.44. The number of alkyl carbamates (subject to hydrolysis) is 1. The maximum atomic E-state index is 11.9. The summed E-state index contributed by atoms with van der Waals surface area (Å²) in [4.78, 5) is 11.9. The molecule has 0 bridgehead atoms. The van der Waals surface area contributed by atoms with E-state index in [1.165, 1.54) is 0 Å². The van der Waals surface area contributed by atoms with E-state index < -0.39 is 5.60 Å². The van der Waals surface area contributed by atoms with Gasteiger partial charge in [-0.25, -0.2) is 4.79 Å². The molecule has 0 aromatic heterocycles. The second-order valence-corrected chi connectivity index (χ2v) is 6.31. The minimum atomic E-state index is -0.483. The van der Waals surface area contributed by atoms with Crippen LogP contribution in [-0.4, -0.2) is 17.0 Å². The Morgan fingerprint density at radius 1 is 1.32 bits per heavy atom. The van der Waals surface area contributed by atoms with E-state index in [1.54, 1.807) is 0 Å². The van der Waals surface area contributed by atoms with Gasteiger partial charge in [0.1, 0.15) is 5.60 Å². The third kappa shape index (κ3) is 5.64. The zero-order chi connectivity index (χ0) is 14.5. The van der Waals surface area contributed by atoms with E-state index >= 15 is 0 Å². The van der Waals surface area contributed by atoms with Crippen molar-refractivity contribution in [3.8, 4) is 0 Å². The summed E-state index contributed by atoms with van der Waals surface area (Å²) in [6, 6.07) is 9.88. The van der Waals surface area contributed by atoms with Gasteiger partial charge in [-0.05, 0) is 32.3 Å². The first-order valence-corrected chi connectivity index (χ1v) is 7.56. The van der Waals surface area contributed by atoms with Gasteiger partial charge in [0.05, 0.1) is 6.04 Å². The SMILES string of the molecule is CC(CBr)C(NC(=O)OC(C)(C)C)c1ccccc1. The van der Waals surface area contributed by atoms with Gasteiger partial charge >= 0.3 is 6.09 Å². The van der Waals surface area contributed by atoms with Crippen molar-refractivity contribution in [1.82, 2.24) is 5.32 Å². The fourth-order valence-corrected chi connectivity index (χ4v) is 2.11. The van der Waals surface area contributed by atoms with Crippen molar-refractivity contribution < 1.29 is 9.53 Å². The molecule has 0 radical (unpaired) electrons. The molecule has 3 nitrogen and oxygen atoms in total. The fourth-order valence-electron chi connectivity index (χ4n) is 1.74. The van der Waals surface area contributed by atoms with Gasteiger partial charge in [0, 0.05) is 5.33 Å². The molecule has 1 aromatic rings. The molecule has 0 spiro atoms. The molecule has 106 valence electrons. The number of rotatable bonds is 4. The van der Waals surface area contributed by atoms with Crippen LogP contribution in [0.25, 0.3) is 0 Å². The Bertz CT molecular complexity index is 400. The highest BCUT2D eigenvalue weighted by atomic mass is 79.9. The molecule has 1 aromatic carbocycles. The molecule has 19 heavy (non-hydrogen) atoms. The third-order valence-corrected chi connectivity index (χ3v) is 3.66. The number of benzene rings is 1. The topological polar surface area (TPSA) is 38.3 Å². The minimum Gasteiger partial charge on any atom is -0.444 e. The number of halogens is 1. The van der Waals surface area contributed by atoms with E-state index in [0.717, 1.165) is 10.9 Å². The lowest BCUT2D eigenvalue weighted by molar-refractivity contribution is 0.0490. The lowest BCUT2D eigenvalue weighted by Crippen LogP contribution is -2.37. The molecule has 1 rings (SSSR count). The Balaban J connectivity index is 2.80. The van der Waals surface area contributed by atoms with E-state index in [1.807, 2.05) is 51.1 Å². The van der Waals surface area contributed by atoms with Crippen molar-refractivity contribution in [3.63, 3.8) is 0 Å². The first kappa shape index (κ1) is 16.0. The van der Waals surface area contributed by atoms with Gasteiger partial charge in [-0.1, -0.05) is 53.2 Å². The standard InChI is InChI=1S/C15H22BrNO2/c1-11(10-16)13(12-8-6-5-7-9-12)17-14(18)19-15(2,3)4/h5-9,11,13H,10H2,1-4H3,(H,17,18). The van der Waals surface area contributed by atoms with Crippen LogP contribution in [0.4, 0.5) is 4.79 Å². The number of ether oxygens (including phenoxy) is 1. The second kappa shape index (κ2) is 6.94. The van der Waals surface area contributed by atoms with Crippen molar-refractivity contribution in [3.05, 3.63) is 35.9 Å². The highest BCUT2D eigenvalue weighted by molar-refractivity contribution is 9.09. The summed E-state index contributed by atoms with van der Waals surface area (Å²) >= 11 is 3.47. The van der Waals surface area contributed by atoms with Crippen LogP contribution < -0.4 is 5.32 Å². The van der Waals surface area contributed by atoms with E-state index in [2.05, 4.69) is 28.2 Å². The van der Waals surface area contributed by atoms with Crippen LogP contribution in [-0.2, 0) is 4.74 Å². The third-order valence-electron chi connectivity index (χ3n) is 2.64. The molecule has 4 heteroatoms. The van der Waals surface area contributed by atoms with Gasteiger partial charge in [0.15, 0.2) is 0 Å². The Morgan fingerprint density at radius 2 is 1.89 bits per heavy atom. The van der Waals surface area contributed by atoms with Crippen LogP contribution in [0.1, 0.15) is 39.3 Å². The lowest BCUT2D eigenvalue weighted by Gasteiger charge is -2.27. The summed E-state index contributed by atoms with van der Waals surface area (Å²) in [6.07, 6.45) is -0.380. The van der Waals surface area contributed by atoms with E-state index in [4.69, 9.17) is 4.74 Å². The predicted molar refractivity (Wildman–Crippen MR) is 81.5 cm³/mol. The zero-order valence-electron chi connectivity index (χ0n) is 11.9. The van der Waals surface area contributed by atoms with Crippen molar-refractivity contribution in [2.45, 2.75) is 39.3 Å². The fraction of sp³-hybridized carbons (Fsp3) is 0.533. The maximum absolute atomic E-state index is 11.9. The molecule has 2 unspecified atom stereocenters. The van der Waals surface area contributed by atoms with Gasteiger partial charge in [0.2, 0.25) is 0 Å². The summed E-state index contributed by atoms with van der Waals surface area (Å²) in [5.74, 6) is 0.273. The highest BCUT2D eigenvalue weighted by Crippen LogP contribution is 2.24. The van der Waals surface area contributed by atoms with Crippen molar-refractivity contribution >= 4 is 22.0 Å². The van der Waals surface area contributed by atoms with Crippen LogP contribution in [0, 0.1) is 5.92 Å². The molecule has 0 saturated carbocycles. The van der Waals surface area contributed by atoms with Crippen LogP contribution in [0.3, 0.4) is 0 Å². The zero-order valence-corrected chi connectivity index (χ0v) is 13.5. The summed E-state index contributed by atoms with van der Waals surface area (Å²) < 4.78 is 5.32.